The lowest BCUT2D eigenvalue weighted by atomic mass is 9.12. The monoisotopic (exact) mass is 1090 g/mol. The highest BCUT2D eigenvalue weighted by molar-refractivity contribution is 7.20. The zero-order valence-corrected chi connectivity index (χ0v) is 37.2. The lowest BCUT2D eigenvalue weighted by molar-refractivity contribution is -0.688. The molecule has 0 amide bonds. The van der Waals surface area contributed by atoms with Crippen molar-refractivity contribution in [1.82, 2.24) is 0 Å². The molecule has 0 aliphatic heterocycles. The van der Waals surface area contributed by atoms with Gasteiger partial charge in [-0.1, -0.05) is 92.7 Å². The van der Waals surface area contributed by atoms with Crippen LogP contribution >= 0.6 is 0 Å². The maximum absolute atomic E-state index is 14.2. The second kappa shape index (κ2) is 20.4. The minimum Gasteiger partial charge on any atom is -0.201 e. The summed E-state index contributed by atoms with van der Waals surface area (Å²) in [5, 5.41) is 0. The van der Waals surface area contributed by atoms with Crippen molar-refractivity contribution < 1.29 is 110 Å². The van der Waals surface area contributed by atoms with Crippen LogP contribution in [0.2, 0.25) is 0 Å². The fourth-order valence-corrected chi connectivity index (χ4v) is 8.07. The van der Waals surface area contributed by atoms with E-state index in [9.17, 15) is 105 Å². The van der Waals surface area contributed by atoms with E-state index in [1.54, 1.807) is 0 Å². The van der Waals surface area contributed by atoms with Gasteiger partial charge in [0, 0.05) is 17.7 Å². The average molecular weight is 1090 g/mol. The van der Waals surface area contributed by atoms with E-state index >= 15 is 0 Å². The molecule has 0 atom stereocenters. The van der Waals surface area contributed by atoms with Crippen molar-refractivity contribution in [2.45, 2.75) is 76.2 Å². The van der Waals surface area contributed by atoms with Crippen LogP contribution in [0.4, 0.5) is 105 Å². The lowest BCUT2D eigenvalue weighted by Gasteiger charge is -2.46. The van der Waals surface area contributed by atoms with Crippen molar-refractivity contribution in [3.63, 3.8) is 0 Å². The summed E-state index contributed by atoms with van der Waals surface area (Å²) in [7, 11) is 0. The number of hydrogen-bond donors (Lipinski definition) is 0. The highest BCUT2D eigenvalue weighted by Gasteiger charge is 2.47. The van der Waals surface area contributed by atoms with E-state index in [2.05, 4.69) is 73.3 Å². The first-order chi connectivity index (χ1) is 33.5. The summed E-state index contributed by atoms with van der Waals surface area (Å²) in [5.41, 5.74) is -27.4. The van der Waals surface area contributed by atoms with Crippen LogP contribution in [0.1, 0.15) is 69.5 Å². The molecule has 1 nitrogen and oxygen atoms in total. The predicted molar refractivity (Wildman–Crippen MR) is 221 cm³/mol. The minimum absolute atomic E-state index is 0.691. The predicted octanol–water partition coefficient (Wildman–Crippen LogP) is 14.4. The summed E-state index contributed by atoms with van der Waals surface area (Å²) in [4.78, 5) is 0. The van der Waals surface area contributed by atoms with E-state index in [0.29, 0.717) is 0 Å². The van der Waals surface area contributed by atoms with Crippen LogP contribution in [0, 0.1) is 5.92 Å². The molecule has 0 radical (unpaired) electrons. The zero-order chi connectivity index (χ0) is 56.0. The maximum atomic E-state index is 14.2. The van der Waals surface area contributed by atoms with E-state index in [0.717, 1.165) is 18.9 Å². The molecule has 0 aliphatic carbocycles. The van der Waals surface area contributed by atoms with Crippen molar-refractivity contribution >= 4 is 28.0 Å². The number of halogens is 24. The molecule has 26 heteroatoms. The molecule has 0 saturated carbocycles. The Morgan fingerprint density at radius 3 is 0.757 bits per heavy atom. The van der Waals surface area contributed by atoms with Gasteiger partial charge in [0.25, 0.3) is 0 Å². The molecule has 0 spiro atoms. The molecule has 0 N–H and O–H groups in total. The number of hydrogen-bond acceptors (Lipinski definition) is 0. The second-order valence-corrected chi connectivity index (χ2v) is 17.2. The number of pyridine rings is 1. The van der Waals surface area contributed by atoms with Gasteiger partial charge in [-0.3, -0.25) is 0 Å². The third kappa shape index (κ3) is 14.1. The molecule has 0 bridgehead atoms. The summed E-state index contributed by atoms with van der Waals surface area (Å²) in [6.45, 7) is 5.46. The first kappa shape index (κ1) is 58.5. The number of nitrogens with zero attached hydrogens (tertiary/aromatic N) is 1. The Hall–Kier alpha value is -6.37. The van der Waals surface area contributed by atoms with Crippen molar-refractivity contribution in [3.05, 3.63) is 183 Å². The molecular weight excluding hydrogens is 1060 g/mol. The Labute approximate surface area is 403 Å². The molecule has 0 fully saturated rings. The van der Waals surface area contributed by atoms with Crippen LogP contribution in [0.25, 0.3) is 0 Å². The van der Waals surface area contributed by atoms with Crippen LogP contribution < -0.4 is 26.4 Å². The van der Waals surface area contributed by atoms with Crippen molar-refractivity contribution in [2.24, 2.45) is 5.92 Å². The number of benzene rings is 5. The van der Waals surface area contributed by atoms with Gasteiger partial charge in [0.1, 0.15) is 6.15 Å². The van der Waals surface area contributed by atoms with Crippen molar-refractivity contribution in [2.75, 3.05) is 0 Å². The topological polar surface area (TPSA) is 3.88 Å². The van der Waals surface area contributed by atoms with Crippen LogP contribution in [-0.4, -0.2) is 6.15 Å². The van der Waals surface area contributed by atoms with Crippen LogP contribution in [-0.2, 0) is 62.4 Å². The Kier molecular flexibility index (Phi) is 16.1. The highest BCUT2D eigenvalue weighted by atomic mass is 19.4. The van der Waals surface area contributed by atoms with Gasteiger partial charge in [-0.05, 0) is 42.2 Å². The van der Waals surface area contributed by atoms with Crippen LogP contribution in [0.3, 0.4) is 0 Å². The normalized spacial score (nSPS) is 13.5. The standard InChI is InChI=1S/C32H12BF24.C16H20N/c34-25(35,36)13-1-14(26(37,38)39)6-21(5-13)33(22-7-15(27(40,41)42)2-16(8-22)28(43,44)45,23-9-17(29(46,47)48)3-18(10-23)30(49,50)51)24-11-19(31(52,53)54)4-20(12-24)32(55,56)57;1-14(2)12-15-8-10-17(11-9-15)13-16-6-4-3-5-7-16/h1-12H;3-11,14H,12-13H2,1-2H3/q-1;+1. The van der Waals surface area contributed by atoms with Gasteiger partial charge < -0.3 is 0 Å². The quantitative estimate of drug-likeness (QED) is 0.0812. The summed E-state index contributed by atoms with van der Waals surface area (Å²) >= 11 is 0. The van der Waals surface area contributed by atoms with Gasteiger partial charge in [0.15, 0.2) is 18.9 Å². The van der Waals surface area contributed by atoms with Gasteiger partial charge in [-0.2, -0.15) is 127 Å². The lowest BCUT2D eigenvalue weighted by Crippen LogP contribution is -2.75. The fraction of sp³-hybridized carbons (Fsp3) is 0.271. The van der Waals surface area contributed by atoms with Crippen LogP contribution in [0.5, 0.6) is 0 Å². The summed E-state index contributed by atoms with van der Waals surface area (Å²) in [5.74, 6) is 0.722. The first-order valence-corrected chi connectivity index (χ1v) is 20.9. The molecule has 1 aromatic heterocycles. The molecule has 6 aromatic rings. The van der Waals surface area contributed by atoms with Gasteiger partial charge in [-0.25, -0.2) is 4.57 Å². The number of aromatic nitrogens is 1. The smallest absolute Gasteiger partial charge is 0.201 e. The highest BCUT2D eigenvalue weighted by Crippen LogP contribution is 2.41. The largest absolute Gasteiger partial charge is 0.416 e. The Bertz CT molecular complexity index is 2460. The molecule has 0 saturated heterocycles. The molecule has 0 unspecified atom stereocenters. The molecule has 0 aliphatic rings. The van der Waals surface area contributed by atoms with Gasteiger partial charge in [-0.15, -0.1) is 0 Å². The summed E-state index contributed by atoms with van der Waals surface area (Å²) in [6.07, 6.45) is -49.3. The second-order valence-electron chi connectivity index (χ2n) is 17.2. The molecule has 74 heavy (non-hydrogen) atoms. The molecular formula is C48H32BF24N. The minimum atomic E-state index is -6.13. The zero-order valence-electron chi connectivity index (χ0n) is 37.2. The molecule has 5 aromatic carbocycles. The van der Waals surface area contributed by atoms with E-state index in [1.165, 1.54) is 11.1 Å². The first-order valence-electron chi connectivity index (χ1n) is 20.9. The van der Waals surface area contributed by atoms with E-state index in [4.69, 9.17) is 0 Å². The Morgan fingerprint density at radius 1 is 0.324 bits per heavy atom. The fourth-order valence-electron chi connectivity index (χ4n) is 8.07. The van der Waals surface area contributed by atoms with Gasteiger partial charge in [0.05, 0.1) is 44.5 Å². The Balaban J connectivity index is 0.000000500. The number of rotatable bonds is 8. The Morgan fingerprint density at radius 2 is 0.554 bits per heavy atom. The van der Waals surface area contributed by atoms with Crippen molar-refractivity contribution in [1.29, 1.82) is 0 Å². The van der Waals surface area contributed by atoms with Gasteiger partial charge >= 0.3 is 49.4 Å². The van der Waals surface area contributed by atoms with E-state index < -0.39 is 195 Å². The molecule has 400 valence electrons. The van der Waals surface area contributed by atoms with Gasteiger partial charge in [0.2, 0.25) is 0 Å². The van der Waals surface area contributed by atoms with E-state index in [1.807, 2.05) is 0 Å². The number of alkyl halides is 24. The average Bonchev–Trinajstić information content (AvgIpc) is 3.25. The van der Waals surface area contributed by atoms with Crippen molar-refractivity contribution in [3.8, 4) is 0 Å². The van der Waals surface area contributed by atoms with Crippen LogP contribution in [0.15, 0.2) is 128 Å². The SMILES string of the molecule is CC(C)Cc1cc[n+](Cc2ccccc2)cc1.FC(F)(F)c1cc([B-](c2cc(C(F)(F)F)cc(C(F)(F)F)c2)(c2cc(C(F)(F)F)cc(C(F)(F)F)c2)c2cc(C(F)(F)F)cc(C(F)(F)F)c2)cc(C(F)(F)F)c1. The third-order valence-corrected chi connectivity index (χ3v) is 11.3. The van der Waals surface area contributed by atoms with E-state index in [-0.39, 0.29) is 0 Å². The molecule has 1 heterocycles. The summed E-state index contributed by atoms with van der Waals surface area (Å²) < 4.78 is 343. The third-order valence-electron chi connectivity index (χ3n) is 11.3. The maximum Gasteiger partial charge on any atom is 0.416 e. The molecule has 6 rings (SSSR count). The summed E-state index contributed by atoms with van der Waals surface area (Å²) in [6, 6.07) is 6.19.